The molecule has 0 aliphatic carbocycles. The molecule has 0 aromatic carbocycles. The molecule has 1 aliphatic heterocycles. The number of nitrogen functional groups attached to an aromatic ring is 1. The van der Waals surface area contributed by atoms with Crippen molar-refractivity contribution < 1.29 is 9.59 Å². The molecule has 3 N–H and O–H groups in total. The Morgan fingerprint density at radius 1 is 1.56 bits per heavy atom. The highest BCUT2D eigenvalue weighted by molar-refractivity contribution is 6.04. The first kappa shape index (κ1) is 12.3. The molecule has 0 bridgehead atoms. The van der Waals surface area contributed by atoms with Crippen molar-refractivity contribution >= 4 is 23.3 Å². The molecule has 1 saturated heterocycles. The number of hydrogen-bond donors (Lipinski definition) is 2. The van der Waals surface area contributed by atoms with Crippen molar-refractivity contribution in [3.8, 4) is 0 Å². The molecular formula is C12H16N4O2. The molecule has 2 amide bonds. The zero-order chi connectivity index (χ0) is 13.3. The number of aryl methyl sites for hydroxylation is 1. The fourth-order valence-corrected chi connectivity index (χ4v) is 2.18. The second-order valence-corrected chi connectivity index (χ2v) is 4.37. The third-order valence-electron chi connectivity index (χ3n) is 2.99. The lowest BCUT2D eigenvalue weighted by Gasteiger charge is -2.35. The second kappa shape index (κ2) is 4.64. The summed E-state index contributed by atoms with van der Waals surface area (Å²) in [6.45, 7) is 3.91. The Morgan fingerprint density at radius 3 is 2.89 bits per heavy atom. The number of carbonyl (C=O) groups excluding carboxylic acids is 2. The van der Waals surface area contributed by atoms with Crippen molar-refractivity contribution in [1.29, 1.82) is 0 Å². The van der Waals surface area contributed by atoms with Gasteiger partial charge >= 0.3 is 0 Å². The quantitative estimate of drug-likeness (QED) is 0.731. The van der Waals surface area contributed by atoms with E-state index in [1.54, 1.807) is 11.0 Å². The number of carbonyl (C=O) groups is 2. The summed E-state index contributed by atoms with van der Waals surface area (Å²) in [5.41, 5.74) is 7.08. The van der Waals surface area contributed by atoms with Gasteiger partial charge in [0, 0.05) is 0 Å². The number of nitrogens with zero attached hydrogens (tertiary/aromatic N) is 2. The van der Waals surface area contributed by atoms with Gasteiger partial charge in [0.1, 0.15) is 11.9 Å². The first-order chi connectivity index (χ1) is 8.52. The van der Waals surface area contributed by atoms with Crippen LogP contribution in [0.25, 0.3) is 0 Å². The lowest BCUT2D eigenvalue weighted by Crippen LogP contribution is -2.58. The van der Waals surface area contributed by atoms with Gasteiger partial charge in [0.05, 0.1) is 18.4 Å². The smallest absolute Gasteiger partial charge is 0.249 e. The average molecular weight is 248 g/mol. The number of amides is 2. The summed E-state index contributed by atoms with van der Waals surface area (Å²) in [5.74, 6) is 0.0637. The molecule has 1 unspecified atom stereocenters. The zero-order valence-electron chi connectivity index (χ0n) is 10.4. The maximum absolute atomic E-state index is 11.8. The van der Waals surface area contributed by atoms with Gasteiger partial charge in [-0.1, -0.05) is 6.92 Å². The van der Waals surface area contributed by atoms with Crippen molar-refractivity contribution in [3.05, 3.63) is 17.8 Å². The van der Waals surface area contributed by atoms with Crippen molar-refractivity contribution in [3.63, 3.8) is 0 Å². The summed E-state index contributed by atoms with van der Waals surface area (Å²) in [7, 11) is 0. The Bertz CT molecular complexity index is 501. The van der Waals surface area contributed by atoms with E-state index in [2.05, 4.69) is 10.3 Å². The van der Waals surface area contributed by atoms with E-state index in [-0.39, 0.29) is 24.4 Å². The second-order valence-electron chi connectivity index (χ2n) is 4.37. The van der Waals surface area contributed by atoms with E-state index >= 15 is 0 Å². The number of anilines is 2. The largest absolute Gasteiger partial charge is 0.397 e. The van der Waals surface area contributed by atoms with Crippen LogP contribution in [0.5, 0.6) is 0 Å². The maximum atomic E-state index is 11.8. The lowest BCUT2D eigenvalue weighted by molar-refractivity contribution is -0.132. The van der Waals surface area contributed by atoms with Gasteiger partial charge in [-0.3, -0.25) is 14.9 Å². The third-order valence-corrected chi connectivity index (χ3v) is 2.99. The van der Waals surface area contributed by atoms with E-state index in [1.165, 1.54) is 6.20 Å². The van der Waals surface area contributed by atoms with Crippen LogP contribution >= 0.6 is 0 Å². The van der Waals surface area contributed by atoms with Crippen molar-refractivity contribution in [2.45, 2.75) is 26.3 Å². The SMILES string of the molecule is CCC1C(=O)NC(=O)CN1c1ncc(N)cc1C. The number of nitrogens with two attached hydrogens (primary N) is 1. The predicted molar refractivity (Wildman–Crippen MR) is 68.0 cm³/mol. The predicted octanol–water partition coefficient (Wildman–Crippen LogP) is 0.214. The van der Waals surface area contributed by atoms with Crippen LogP contribution in [0, 0.1) is 6.92 Å². The summed E-state index contributed by atoms with van der Waals surface area (Å²) in [6.07, 6.45) is 2.15. The molecular weight excluding hydrogens is 232 g/mol. The van der Waals surface area contributed by atoms with E-state index in [0.29, 0.717) is 17.9 Å². The van der Waals surface area contributed by atoms with Gasteiger partial charge in [-0.05, 0) is 25.0 Å². The van der Waals surface area contributed by atoms with Crippen LogP contribution in [0.4, 0.5) is 11.5 Å². The van der Waals surface area contributed by atoms with Crippen molar-refractivity contribution in [2.24, 2.45) is 0 Å². The molecule has 96 valence electrons. The third kappa shape index (κ3) is 2.13. The van der Waals surface area contributed by atoms with Crippen LogP contribution in [-0.4, -0.2) is 29.4 Å². The molecule has 2 rings (SSSR count). The summed E-state index contributed by atoms with van der Waals surface area (Å²) < 4.78 is 0. The van der Waals surface area contributed by atoms with Gasteiger partial charge in [-0.15, -0.1) is 0 Å². The molecule has 0 spiro atoms. The number of imide groups is 1. The van der Waals surface area contributed by atoms with Gasteiger partial charge in [-0.25, -0.2) is 4.98 Å². The van der Waals surface area contributed by atoms with E-state index in [0.717, 1.165) is 5.56 Å². The normalized spacial score (nSPS) is 19.9. The molecule has 1 atom stereocenters. The number of nitrogens with one attached hydrogen (secondary N) is 1. The molecule has 0 saturated carbocycles. The highest BCUT2D eigenvalue weighted by Crippen LogP contribution is 2.23. The van der Waals surface area contributed by atoms with Crippen molar-refractivity contribution in [1.82, 2.24) is 10.3 Å². The molecule has 6 nitrogen and oxygen atoms in total. The molecule has 1 aromatic heterocycles. The highest BCUT2D eigenvalue weighted by atomic mass is 16.2. The first-order valence-electron chi connectivity index (χ1n) is 5.85. The Labute approximate surface area is 105 Å². The Hall–Kier alpha value is -2.11. The Balaban J connectivity index is 2.39. The molecule has 2 heterocycles. The van der Waals surface area contributed by atoms with E-state index in [1.807, 2.05) is 13.8 Å². The van der Waals surface area contributed by atoms with Gasteiger partial charge in [0.25, 0.3) is 0 Å². The van der Waals surface area contributed by atoms with Crippen LogP contribution in [0.15, 0.2) is 12.3 Å². The topological polar surface area (TPSA) is 88.3 Å². The number of hydrogen-bond acceptors (Lipinski definition) is 5. The van der Waals surface area contributed by atoms with Gasteiger partial charge in [0.15, 0.2) is 0 Å². The van der Waals surface area contributed by atoms with Crippen LogP contribution in [0.3, 0.4) is 0 Å². The van der Waals surface area contributed by atoms with Crippen LogP contribution < -0.4 is 16.0 Å². The summed E-state index contributed by atoms with van der Waals surface area (Å²) in [5, 5.41) is 2.34. The molecule has 1 aliphatic rings. The summed E-state index contributed by atoms with van der Waals surface area (Å²) in [6, 6.07) is 1.42. The fraction of sp³-hybridized carbons (Fsp3) is 0.417. The summed E-state index contributed by atoms with van der Waals surface area (Å²) >= 11 is 0. The minimum Gasteiger partial charge on any atom is -0.397 e. The molecule has 1 fully saturated rings. The number of rotatable bonds is 2. The monoisotopic (exact) mass is 248 g/mol. The highest BCUT2D eigenvalue weighted by Gasteiger charge is 2.33. The van der Waals surface area contributed by atoms with E-state index < -0.39 is 0 Å². The van der Waals surface area contributed by atoms with Gasteiger partial charge in [0.2, 0.25) is 11.8 Å². The van der Waals surface area contributed by atoms with Crippen molar-refractivity contribution in [2.75, 3.05) is 17.2 Å². The molecule has 0 radical (unpaired) electrons. The van der Waals surface area contributed by atoms with Crippen LogP contribution in [0.1, 0.15) is 18.9 Å². The summed E-state index contributed by atoms with van der Waals surface area (Å²) in [4.78, 5) is 29.2. The fourth-order valence-electron chi connectivity index (χ4n) is 2.18. The average Bonchev–Trinajstić information content (AvgIpc) is 2.28. The standard InChI is InChI=1S/C12H16N4O2/c1-3-9-12(18)15-10(17)6-16(9)11-7(2)4-8(13)5-14-11/h4-5,9H,3,6,13H2,1-2H3,(H,15,17,18). The Morgan fingerprint density at radius 2 is 2.28 bits per heavy atom. The molecule has 1 aromatic rings. The maximum Gasteiger partial charge on any atom is 0.249 e. The molecule has 18 heavy (non-hydrogen) atoms. The number of pyridine rings is 1. The minimum atomic E-state index is -0.363. The van der Waals surface area contributed by atoms with E-state index in [4.69, 9.17) is 5.73 Å². The van der Waals surface area contributed by atoms with Gasteiger partial charge < -0.3 is 10.6 Å². The lowest BCUT2D eigenvalue weighted by atomic mass is 10.1. The minimum absolute atomic E-state index is 0.141. The molecule has 6 heteroatoms. The van der Waals surface area contributed by atoms with E-state index in [9.17, 15) is 9.59 Å². The number of piperazine rings is 1. The first-order valence-corrected chi connectivity index (χ1v) is 5.85. The van der Waals surface area contributed by atoms with Crippen LogP contribution in [0.2, 0.25) is 0 Å². The zero-order valence-corrected chi connectivity index (χ0v) is 10.4. The Kier molecular flexibility index (Phi) is 3.18. The number of aromatic nitrogens is 1. The van der Waals surface area contributed by atoms with Crippen LogP contribution in [-0.2, 0) is 9.59 Å². The van der Waals surface area contributed by atoms with Gasteiger partial charge in [-0.2, -0.15) is 0 Å².